The fraction of sp³-hybridized carbons (Fsp3) is 0.455. The lowest BCUT2D eigenvalue weighted by molar-refractivity contribution is 0.103. The van der Waals surface area contributed by atoms with Crippen LogP contribution in [0.4, 0.5) is 0 Å². The van der Waals surface area contributed by atoms with Crippen LogP contribution < -0.4 is 4.72 Å². The number of piperidine rings is 1. The summed E-state index contributed by atoms with van der Waals surface area (Å²) < 4.78 is 27.8. The molecule has 0 radical (unpaired) electrons. The molecule has 146 valence electrons. The molecule has 0 aromatic heterocycles. The highest BCUT2D eigenvalue weighted by atomic mass is 32.2. The number of benzene rings is 2. The van der Waals surface area contributed by atoms with Crippen LogP contribution in [0.25, 0.3) is 11.1 Å². The molecule has 0 aliphatic carbocycles. The first kappa shape index (κ1) is 20.1. The van der Waals surface area contributed by atoms with E-state index in [1.54, 1.807) is 12.1 Å². The first-order valence-electron chi connectivity index (χ1n) is 9.88. The summed E-state index contributed by atoms with van der Waals surface area (Å²) in [6.07, 6.45) is 4.61. The van der Waals surface area contributed by atoms with Crippen molar-refractivity contribution in [2.75, 3.05) is 13.1 Å². The average molecular weight is 387 g/mol. The lowest BCUT2D eigenvalue weighted by Crippen LogP contribution is -2.44. The molecule has 4 nitrogen and oxygen atoms in total. The summed E-state index contributed by atoms with van der Waals surface area (Å²) in [6, 6.07) is 18.2. The van der Waals surface area contributed by atoms with Crippen molar-refractivity contribution in [3.05, 3.63) is 54.6 Å². The van der Waals surface area contributed by atoms with Crippen LogP contribution in [0.3, 0.4) is 0 Å². The quantitative estimate of drug-likeness (QED) is 0.723. The molecule has 0 bridgehead atoms. The van der Waals surface area contributed by atoms with E-state index in [4.69, 9.17) is 0 Å². The third kappa shape index (κ3) is 5.18. The van der Waals surface area contributed by atoms with Gasteiger partial charge in [0.25, 0.3) is 0 Å². The van der Waals surface area contributed by atoms with Crippen LogP contribution in [0.15, 0.2) is 59.5 Å². The lowest BCUT2D eigenvalue weighted by Gasteiger charge is -2.39. The molecule has 2 atom stereocenters. The summed E-state index contributed by atoms with van der Waals surface area (Å²) >= 11 is 0. The molecule has 2 aromatic rings. The predicted octanol–water partition coefficient (Wildman–Crippen LogP) is 4.28. The summed E-state index contributed by atoms with van der Waals surface area (Å²) in [7, 11) is -3.46. The SMILES string of the molecule is CC1CCCC(C)N1CCCNS(=O)(=O)c1ccc(-c2ccccc2)cc1. The summed E-state index contributed by atoms with van der Waals surface area (Å²) in [5.41, 5.74) is 2.10. The number of nitrogens with one attached hydrogen (secondary N) is 1. The Morgan fingerprint density at radius 2 is 1.52 bits per heavy atom. The normalized spacial score (nSPS) is 21.3. The minimum atomic E-state index is -3.46. The fourth-order valence-electron chi connectivity index (χ4n) is 3.92. The van der Waals surface area contributed by atoms with E-state index in [-0.39, 0.29) is 0 Å². The van der Waals surface area contributed by atoms with E-state index in [9.17, 15) is 8.42 Å². The molecule has 0 saturated carbocycles. The second-order valence-electron chi connectivity index (χ2n) is 7.51. The zero-order chi connectivity index (χ0) is 19.3. The molecule has 1 aliphatic heterocycles. The Labute approximate surface area is 163 Å². The lowest BCUT2D eigenvalue weighted by atomic mass is 9.97. The van der Waals surface area contributed by atoms with Gasteiger partial charge in [-0.15, -0.1) is 0 Å². The first-order valence-corrected chi connectivity index (χ1v) is 11.4. The standard InChI is InChI=1S/C22H30N2O2S/c1-18-8-6-9-19(2)24(18)17-7-16-23-27(25,26)22-14-12-21(13-15-22)20-10-4-3-5-11-20/h3-5,10-15,18-19,23H,6-9,16-17H2,1-2H3. The minimum absolute atomic E-state index is 0.321. The van der Waals surface area contributed by atoms with Crippen molar-refractivity contribution in [3.8, 4) is 11.1 Å². The highest BCUT2D eigenvalue weighted by molar-refractivity contribution is 7.89. The molecule has 1 saturated heterocycles. The van der Waals surface area contributed by atoms with E-state index >= 15 is 0 Å². The number of rotatable bonds is 7. The number of sulfonamides is 1. The molecule has 0 spiro atoms. The van der Waals surface area contributed by atoms with Crippen LogP contribution in [-0.4, -0.2) is 38.5 Å². The Morgan fingerprint density at radius 3 is 2.15 bits per heavy atom. The zero-order valence-corrected chi connectivity index (χ0v) is 17.1. The Balaban J connectivity index is 1.54. The second-order valence-corrected chi connectivity index (χ2v) is 9.28. The van der Waals surface area contributed by atoms with Gasteiger partial charge >= 0.3 is 0 Å². The van der Waals surface area contributed by atoms with Gasteiger partial charge in [0.1, 0.15) is 0 Å². The highest BCUT2D eigenvalue weighted by Gasteiger charge is 2.24. The van der Waals surface area contributed by atoms with E-state index in [0.29, 0.717) is 23.5 Å². The van der Waals surface area contributed by atoms with Crippen molar-refractivity contribution in [1.29, 1.82) is 0 Å². The smallest absolute Gasteiger partial charge is 0.240 e. The topological polar surface area (TPSA) is 49.4 Å². The molecule has 1 aliphatic rings. The van der Waals surface area contributed by atoms with Gasteiger partial charge in [0.05, 0.1) is 4.90 Å². The summed E-state index contributed by atoms with van der Waals surface area (Å²) in [6.45, 7) is 5.96. The van der Waals surface area contributed by atoms with E-state index in [1.165, 1.54) is 19.3 Å². The Kier molecular flexibility index (Phi) is 6.68. The highest BCUT2D eigenvalue weighted by Crippen LogP contribution is 2.23. The van der Waals surface area contributed by atoms with Crippen molar-refractivity contribution in [3.63, 3.8) is 0 Å². The van der Waals surface area contributed by atoms with E-state index < -0.39 is 10.0 Å². The Morgan fingerprint density at radius 1 is 0.926 bits per heavy atom. The van der Waals surface area contributed by atoms with Gasteiger partial charge in [-0.1, -0.05) is 48.9 Å². The van der Waals surface area contributed by atoms with Gasteiger partial charge in [0.15, 0.2) is 0 Å². The number of hydrogen-bond donors (Lipinski definition) is 1. The molecule has 0 amide bonds. The molecule has 1 heterocycles. The van der Waals surface area contributed by atoms with Gasteiger partial charge in [0, 0.05) is 18.6 Å². The van der Waals surface area contributed by atoms with Crippen LogP contribution in [0.2, 0.25) is 0 Å². The van der Waals surface area contributed by atoms with Gasteiger partial charge in [-0.3, -0.25) is 4.90 Å². The molecule has 3 rings (SSSR count). The van der Waals surface area contributed by atoms with E-state index in [1.807, 2.05) is 42.5 Å². The monoisotopic (exact) mass is 386 g/mol. The van der Waals surface area contributed by atoms with Crippen LogP contribution >= 0.6 is 0 Å². The molecular formula is C22H30N2O2S. The van der Waals surface area contributed by atoms with E-state index in [0.717, 1.165) is 24.1 Å². The van der Waals surface area contributed by atoms with E-state index in [2.05, 4.69) is 23.5 Å². The van der Waals surface area contributed by atoms with Gasteiger partial charge in [0.2, 0.25) is 10.0 Å². The van der Waals surface area contributed by atoms with Crippen LogP contribution in [0, 0.1) is 0 Å². The first-order chi connectivity index (χ1) is 13.0. The maximum atomic E-state index is 12.5. The Bertz CT molecular complexity index is 809. The van der Waals surface area contributed by atoms with Crippen molar-refractivity contribution in [1.82, 2.24) is 9.62 Å². The summed E-state index contributed by atoms with van der Waals surface area (Å²) in [5, 5.41) is 0. The summed E-state index contributed by atoms with van der Waals surface area (Å²) in [4.78, 5) is 2.83. The largest absolute Gasteiger partial charge is 0.298 e. The van der Waals surface area contributed by atoms with Crippen molar-refractivity contribution in [2.45, 2.75) is 56.5 Å². The van der Waals surface area contributed by atoms with Gasteiger partial charge in [-0.2, -0.15) is 0 Å². The molecule has 5 heteroatoms. The predicted molar refractivity (Wildman–Crippen MR) is 111 cm³/mol. The Hall–Kier alpha value is -1.69. The molecule has 1 fully saturated rings. The molecule has 1 N–H and O–H groups in total. The van der Waals surface area contributed by atoms with Crippen LogP contribution in [0.1, 0.15) is 39.5 Å². The third-order valence-corrected chi connectivity index (χ3v) is 7.01. The summed E-state index contributed by atoms with van der Waals surface area (Å²) in [5.74, 6) is 0. The molecule has 27 heavy (non-hydrogen) atoms. The van der Waals surface area contributed by atoms with Gasteiger partial charge in [-0.05, 0) is 62.9 Å². The molecule has 2 unspecified atom stereocenters. The number of likely N-dealkylation sites (tertiary alicyclic amines) is 1. The van der Waals surface area contributed by atoms with Crippen molar-refractivity contribution in [2.24, 2.45) is 0 Å². The maximum Gasteiger partial charge on any atom is 0.240 e. The van der Waals surface area contributed by atoms with Crippen LogP contribution in [0.5, 0.6) is 0 Å². The minimum Gasteiger partial charge on any atom is -0.298 e. The number of nitrogens with zero attached hydrogens (tertiary/aromatic N) is 1. The molecular weight excluding hydrogens is 356 g/mol. The maximum absolute atomic E-state index is 12.5. The zero-order valence-electron chi connectivity index (χ0n) is 16.3. The second kappa shape index (κ2) is 9.00. The molecule has 2 aromatic carbocycles. The average Bonchev–Trinajstić information content (AvgIpc) is 2.68. The van der Waals surface area contributed by atoms with Crippen molar-refractivity contribution >= 4 is 10.0 Å². The fourth-order valence-corrected chi connectivity index (χ4v) is 5.00. The van der Waals surface area contributed by atoms with Gasteiger partial charge < -0.3 is 0 Å². The number of hydrogen-bond acceptors (Lipinski definition) is 3. The third-order valence-electron chi connectivity index (χ3n) is 5.53. The van der Waals surface area contributed by atoms with Gasteiger partial charge in [-0.25, -0.2) is 13.1 Å². The van der Waals surface area contributed by atoms with Crippen molar-refractivity contribution < 1.29 is 8.42 Å². The van der Waals surface area contributed by atoms with Crippen LogP contribution in [-0.2, 0) is 10.0 Å².